The van der Waals surface area contributed by atoms with Crippen molar-refractivity contribution >= 4 is 12.0 Å². The van der Waals surface area contributed by atoms with Gasteiger partial charge in [-0.3, -0.25) is 9.69 Å². The van der Waals surface area contributed by atoms with Crippen LogP contribution in [-0.2, 0) is 16.0 Å². The number of likely N-dealkylation sites (tertiary alicyclic amines) is 1. The molecule has 0 radical (unpaired) electrons. The zero-order valence-corrected chi connectivity index (χ0v) is 15.2. The molecule has 4 rings (SSSR count). The highest BCUT2D eigenvalue weighted by molar-refractivity contribution is 5.83. The third-order valence-electron chi connectivity index (χ3n) is 5.12. The number of amides is 2. The van der Waals surface area contributed by atoms with E-state index in [0.717, 1.165) is 18.4 Å². The number of aromatic nitrogens is 2. The van der Waals surface area contributed by atoms with Crippen molar-refractivity contribution in [2.24, 2.45) is 0 Å². The molecule has 8 heteroatoms. The molecule has 0 N–H and O–H groups in total. The summed E-state index contributed by atoms with van der Waals surface area (Å²) in [5.41, 5.74) is 0.957. The summed E-state index contributed by atoms with van der Waals surface area (Å²) in [6, 6.07) is 9.14. The summed E-state index contributed by atoms with van der Waals surface area (Å²) in [7, 11) is 0. The van der Waals surface area contributed by atoms with Gasteiger partial charge in [0.25, 0.3) is 0 Å². The van der Waals surface area contributed by atoms with Gasteiger partial charge in [-0.1, -0.05) is 42.4 Å². The fourth-order valence-corrected chi connectivity index (χ4v) is 3.68. The molecule has 1 aromatic heterocycles. The molecular formula is C19H22N4O4. The van der Waals surface area contributed by atoms with Crippen LogP contribution < -0.4 is 0 Å². The van der Waals surface area contributed by atoms with Crippen LogP contribution in [0, 0.1) is 0 Å². The molecule has 142 valence electrons. The van der Waals surface area contributed by atoms with Crippen LogP contribution in [0.3, 0.4) is 0 Å². The van der Waals surface area contributed by atoms with Gasteiger partial charge in [0, 0.05) is 13.0 Å². The second kappa shape index (κ2) is 7.38. The Hall–Kier alpha value is -2.90. The normalized spacial score (nSPS) is 22.3. The first-order valence-corrected chi connectivity index (χ1v) is 9.27. The number of rotatable bonds is 5. The molecule has 0 aliphatic carbocycles. The van der Waals surface area contributed by atoms with E-state index in [4.69, 9.17) is 9.26 Å². The fourth-order valence-electron chi connectivity index (χ4n) is 3.68. The lowest BCUT2D eigenvalue weighted by Crippen LogP contribution is -2.41. The van der Waals surface area contributed by atoms with E-state index in [1.807, 2.05) is 37.3 Å². The minimum Gasteiger partial charge on any atom is -0.447 e. The molecule has 2 aliphatic heterocycles. The lowest BCUT2D eigenvalue weighted by molar-refractivity contribution is -0.133. The monoisotopic (exact) mass is 370 g/mol. The van der Waals surface area contributed by atoms with Crippen molar-refractivity contribution in [3.63, 3.8) is 0 Å². The average Bonchev–Trinajstić information content (AvgIpc) is 3.42. The molecule has 0 saturated carbocycles. The molecule has 0 spiro atoms. The van der Waals surface area contributed by atoms with E-state index in [9.17, 15) is 9.59 Å². The minimum absolute atomic E-state index is 0.0241. The molecule has 3 heterocycles. The second-order valence-corrected chi connectivity index (χ2v) is 6.78. The number of ether oxygens (including phenoxy) is 1. The summed E-state index contributed by atoms with van der Waals surface area (Å²) >= 11 is 0. The number of nitrogens with zero attached hydrogens (tertiary/aromatic N) is 4. The van der Waals surface area contributed by atoms with Crippen LogP contribution in [0.5, 0.6) is 0 Å². The maximum Gasteiger partial charge on any atom is 0.410 e. The Bertz CT molecular complexity index is 822. The maximum atomic E-state index is 13.0. The van der Waals surface area contributed by atoms with Crippen molar-refractivity contribution in [2.45, 2.75) is 38.3 Å². The largest absolute Gasteiger partial charge is 0.447 e. The first-order valence-electron chi connectivity index (χ1n) is 9.27. The van der Waals surface area contributed by atoms with E-state index in [1.165, 1.54) is 4.90 Å². The highest BCUT2D eigenvalue weighted by Gasteiger charge is 2.39. The van der Waals surface area contributed by atoms with E-state index < -0.39 is 6.09 Å². The van der Waals surface area contributed by atoms with Crippen molar-refractivity contribution in [3.8, 4) is 0 Å². The highest BCUT2D eigenvalue weighted by Crippen LogP contribution is 2.33. The molecule has 1 aromatic carbocycles. The Kier molecular flexibility index (Phi) is 4.79. The maximum absolute atomic E-state index is 13.0. The van der Waals surface area contributed by atoms with Gasteiger partial charge in [0.15, 0.2) is 5.82 Å². The lowest BCUT2D eigenvalue weighted by atomic mass is 10.1. The zero-order valence-electron chi connectivity index (χ0n) is 15.2. The van der Waals surface area contributed by atoms with E-state index in [-0.39, 0.29) is 31.1 Å². The molecule has 2 fully saturated rings. The third kappa shape index (κ3) is 3.39. The summed E-state index contributed by atoms with van der Waals surface area (Å²) in [5, 5.41) is 3.93. The van der Waals surface area contributed by atoms with E-state index in [1.54, 1.807) is 4.90 Å². The smallest absolute Gasteiger partial charge is 0.410 e. The molecule has 0 bridgehead atoms. The van der Waals surface area contributed by atoms with Gasteiger partial charge in [-0.15, -0.1) is 0 Å². The molecule has 0 unspecified atom stereocenters. The standard InChI is InChI=1S/C19H22N4O4/c1-2-16-20-18(27-21-16)14-9-6-10-22(14)17(24)11-23-15(12-26-19(23)25)13-7-4-3-5-8-13/h3-5,7-8,14-15H,2,6,9-12H2,1H3/t14-,15+/m0/s1. The van der Waals surface area contributed by atoms with Gasteiger partial charge in [-0.25, -0.2) is 4.79 Å². The van der Waals surface area contributed by atoms with Gasteiger partial charge >= 0.3 is 6.09 Å². The molecule has 2 atom stereocenters. The number of benzene rings is 1. The first kappa shape index (κ1) is 17.5. The molecular weight excluding hydrogens is 348 g/mol. The molecule has 2 aliphatic rings. The SMILES string of the molecule is CCc1noc([C@@H]2CCCN2C(=O)CN2C(=O)OC[C@@H]2c2ccccc2)n1. The molecule has 2 aromatic rings. The van der Waals surface area contributed by atoms with Crippen LogP contribution in [0.25, 0.3) is 0 Å². The molecule has 27 heavy (non-hydrogen) atoms. The summed E-state index contributed by atoms with van der Waals surface area (Å²) < 4.78 is 10.5. The predicted molar refractivity (Wildman–Crippen MR) is 94.6 cm³/mol. The van der Waals surface area contributed by atoms with Crippen molar-refractivity contribution in [3.05, 3.63) is 47.6 Å². The van der Waals surface area contributed by atoms with Crippen molar-refractivity contribution < 1.29 is 18.8 Å². The van der Waals surface area contributed by atoms with Gasteiger partial charge in [-0.05, 0) is 18.4 Å². The number of carbonyl (C=O) groups is 2. The highest BCUT2D eigenvalue weighted by atomic mass is 16.6. The summed E-state index contributed by atoms with van der Waals surface area (Å²) in [5.74, 6) is 0.978. The van der Waals surface area contributed by atoms with Crippen LogP contribution in [-0.4, -0.2) is 51.6 Å². The van der Waals surface area contributed by atoms with Gasteiger partial charge in [-0.2, -0.15) is 4.98 Å². The summed E-state index contributed by atoms with van der Waals surface area (Å²) in [6.45, 7) is 2.80. The zero-order chi connectivity index (χ0) is 18.8. The Morgan fingerprint density at radius 1 is 1.26 bits per heavy atom. The molecule has 8 nitrogen and oxygen atoms in total. The topological polar surface area (TPSA) is 88.8 Å². The Balaban J connectivity index is 1.49. The van der Waals surface area contributed by atoms with Crippen molar-refractivity contribution in [1.29, 1.82) is 0 Å². The third-order valence-corrected chi connectivity index (χ3v) is 5.12. The summed E-state index contributed by atoms with van der Waals surface area (Å²) in [6.07, 6.45) is 1.87. The summed E-state index contributed by atoms with van der Waals surface area (Å²) in [4.78, 5) is 32.8. The molecule has 2 amide bonds. The van der Waals surface area contributed by atoms with Crippen molar-refractivity contribution in [1.82, 2.24) is 19.9 Å². The van der Waals surface area contributed by atoms with Crippen LogP contribution in [0.1, 0.15) is 49.1 Å². The van der Waals surface area contributed by atoms with Crippen LogP contribution >= 0.6 is 0 Å². The minimum atomic E-state index is -0.459. The number of hydrogen-bond acceptors (Lipinski definition) is 6. The first-order chi connectivity index (χ1) is 13.2. The predicted octanol–water partition coefficient (Wildman–Crippen LogP) is 2.49. The van der Waals surface area contributed by atoms with Gasteiger partial charge in [0.05, 0.1) is 6.04 Å². The quantitative estimate of drug-likeness (QED) is 0.803. The number of aryl methyl sites for hydroxylation is 1. The Morgan fingerprint density at radius 3 is 2.81 bits per heavy atom. The van der Waals surface area contributed by atoms with Crippen molar-refractivity contribution in [2.75, 3.05) is 19.7 Å². The number of carbonyl (C=O) groups excluding carboxylic acids is 2. The van der Waals surface area contributed by atoms with Gasteiger partial charge in [0.1, 0.15) is 19.2 Å². The van der Waals surface area contributed by atoms with Gasteiger partial charge in [0.2, 0.25) is 11.8 Å². The number of cyclic esters (lactones) is 1. The lowest BCUT2D eigenvalue weighted by Gasteiger charge is -2.26. The Labute approximate surface area is 157 Å². The average molecular weight is 370 g/mol. The van der Waals surface area contributed by atoms with Gasteiger partial charge < -0.3 is 14.2 Å². The fraction of sp³-hybridized carbons (Fsp3) is 0.474. The van der Waals surface area contributed by atoms with E-state index >= 15 is 0 Å². The van der Waals surface area contributed by atoms with Crippen LogP contribution in [0.2, 0.25) is 0 Å². The number of hydrogen-bond donors (Lipinski definition) is 0. The second-order valence-electron chi connectivity index (χ2n) is 6.78. The Morgan fingerprint density at radius 2 is 2.07 bits per heavy atom. The van der Waals surface area contributed by atoms with Crippen LogP contribution in [0.15, 0.2) is 34.9 Å². The van der Waals surface area contributed by atoms with E-state index in [0.29, 0.717) is 24.7 Å². The van der Waals surface area contributed by atoms with E-state index in [2.05, 4.69) is 10.1 Å². The van der Waals surface area contributed by atoms with Crippen LogP contribution in [0.4, 0.5) is 4.79 Å². The molecule has 2 saturated heterocycles.